The predicted molar refractivity (Wildman–Crippen MR) is 52.5 cm³/mol. The van der Waals surface area contributed by atoms with E-state index in [0.29, 0.717) is 18.3 Å². The molecule has 3 heteroatoms. The van der Waals surface area contributed by atoms with Gasteiger partial charge in [0.1, 0.15) is 0 Å². The lowest BCUT2D eigenvalue weighted by Gasteiger charge is -2.25. The number of nitrogens with zero attached hydrogens (tertiary/aromatic N) is 1. The van der Waals surface area contributed by atoms with Crippen molar-refractivity contribution in [2.24, 2.45) is 0 Å². The van der Waals surface area contributed by atoms with Crippen LogP contribution in [0.2, 0.25) is 0 Å². The topological polar surface area (TPSA) is 20.3 Å². The molecule has 2 nitrogen and oxygen atoms in total. The van der Waals surface area contributed by atoms with Crippen LogP contribution in [0.15, 0.2) is 0 Å². The van der Waals surface area contributed by atoms with E-state index in [1.807, 2.05) is 25.7 Å². The van der Waals surface area contributed by atoms with E-state index >= 15 is 0 Å². The van der Waals surface area contributed by atoms with Gasteiger partial charge in [-0.15, -0.1) is 11.6 Å². The molecule has 12 heavy (non-hydrogen) atoms. The Morgan fingerprint density at radius 3 is 2.42 bits per heavy atom. The lowest BCUT2D eigenvalue weighted by atomic mass is 10.2. The van der Waals surface area contributed by atoms with Crippen LogP contribution in [0.3, 0.4) is 0 Å². The van der Waals surface area contributed by atoms with E-state index in [0.717, 1.165) is 13.0 Å². The lowest BCUT2D eigenvalue weighted by Crippen LogP contribution is -2.37. The first kappa shape index (κ1) is 11.8. The lowest BCUT2D eigenvalue weighted by molar-refractivity contribution is -0.132. The highest BCUT2D eigenvalue weighted by Crippen LogP contribution is 2.03. The molecule has 0 radical (unpaired) electrons. The summed E-state index contributed by atoms with van der Waals surface area (Å²) in [6.45, 7) is 6.73. The highest BCUT2D eigenvalue weighted by atomic mass is 35.5. The fourth-order valence-electron chi connectivity index (χ4n) is 1.10. The van der Waals surface area contributed by atoms with Crippen molar-refractivity contribution >= 4 is 17.5 Å². The molecule has 0 N–H and O–H groups in total. The standard InChI is InChI=1S/C9H18ClNO/c1-4-9(12)11(8(2)3)7-5-6-10/h8H,4-7H2,1-3H3. The van der Waals surface area contributed by atoms with E-state index in [4.69, 9.17) is 11.6 Å². The molecule has 0 spiro atoms. The second-order valence-electron chi connectivity index (χ2n) is 3.08. The number of carbonyl (C=O) groups is 1. The maximum Gasteiger partial charge on any atom is 0.222 e. The maximum absolute atomic E-state index is 11.3. The Morgan fingerprint density at radius 1 is 1.50 bits per heavy atom. The number of hydrogen-bond donors (Lipinski definition) is 0. The fraction of sp³-hybridized carbons (Fsp3) is 0.889. The molecule has 1 amide bonds. The normalized spacial score (nSPS) is 10.4. The van der Waals surface area contributed by atoms with Gasteiger partial charge in [0, 0.05) is 24.9 Å². The van der Waals surface area contributed by atoms with Gasteiger partial charge in [-0.1, -0.05) is 6.92 Å². The van der Waals surface area contributed by atoms with Gasteiger partial charge in [0.05, 0.1) is 0 Å². The van der Waals surface area contributed by atoms with Gasteiger partial charge in [-0.2, -0.15) is 0 Å². The van der Waals surface area contributed by atoms with Gasteiger partial charge in [0.15, 0.2) is 0 Å². The van der Waals surface area contributed by atoms with Gasteiger partial charge in [0.25, 0.3) is 0 Å². The predicted octanol–water partition coefficient (Wildman–Crippen LogP) is 2.26. The average molecular weight is 192 g/mol. The first-order valence-electron chi connectivity index (χ1n) is 4.48. The zero-order valence-electron chi connectivity index (χ0n) is 8.14. The fourth-order valence-corrected chi connectivity index (χ4v) is 1.22. The molecule has 0 aromatic rings. The van der Waals surface area contributed by atoms with Crippen LogP contribution in [-0.4, -0.2) is 29.3 Å². The van der Waals surface area contributed by atoms with Crippen LogP contribution in [0.25, 0.3) is 0 Å². The van der Waals surface area contributed by atoms with Gasteiger partial charge in [-0.3, -0.25) is 4.79 Å². The Bertz CT molecular complexity index is 136. The Hall–Kier alpha value is -0.240. The summed E-state index contributed by atoms with van der Waals surface area (Å²) >= 11 is 5.56. The number of alkyl halides is 1. The summed E-state index contributed by atoms with van der Waals surface area (Å²) in [6.07, 6.45) is 1.46. The quantitative estimate of drug-likeness (QED) is 0.611. The van der Waals surface area contributed by atoms with E-state index in [9.17, 15) is 4.79 Å². The molecule has 0 aliphatic carbocycles. The van der Waals surface area contributed by atoms with Crippen molar-refractivity contribution in [3.63, 3.8) is 0 Å². The van der Waals surface area contributed by atoms with Crippen molar-refractivity contribution in [2.45, 2.75) is 39.7 Å². The summed E-state index contributed by atoms with van der Waals surface area (Å²) < 4.78 is 0. The van der Waals surface area contributed by atoms with Gasteiger partial charge in [-0.05, 0) is 20.3 Å². The van der Waals surface area contributed by atoms with Crippen LogP contribution in [0, 0.1) is 0 Å². The highest BCUT2D eigenvalue weighted by molar-refractivity contribution is 6.17. The molecular formula is C9H18ClNO. The number of carbonyl (C=O) groups excluding carboxylic acids is 1. The summed E-state index contributed by atoms with van der Waals surface area (Å²) in [7, 11) is 0. The Labute approximate surface area is 79.9 Å². The van der Waals surface area contributed by atoms with Gasteiger partial charge >= 0.3 is 0 Å². The molecule has 0 fully saturated rings. The third kappa shape index (κ3) is 3.96. The van der Waals surface area contributed by atoms with E-state index < -0.39 is 0 Å². The Morgan fingerprint density at radius 2 is 2.08 bits per heavy atom. The molecule has 0 heterocycles. The van der Waals surface area contributed by atoms with E-state index in [-0.39, 0.29) is 5.91 Å². The van der Waals surface area contributed by atoms with Crippen LogP contribution in [0.1, 0.15) is 33.6 Å². The summed E-state index contributed by atoms with van der Waals surface area (Å²) in [4.78, 5) is 13.2. The van der Waals surface area contributed by atoms with E-state index in [1.165, 1.54) is 0 Å². The minimum Gasteiger partial charge on any atom is -0.340 e. The van der Waals surface area contributed by atoms with E-state index in [2.05, 4.69) is 0 Å². The van der Waals surface area contributed by atoms with Crippen LogP contribution in [0.4, 0.5) is 0 Å². The first-order valence-corrected chi connectivity index (χ1v) is 5.02. The Kier molecular flexibility index (Phi) is 6.17. The van der Waals surface area contributed by atoms with Crippen molar-refractivity contribution in [1.29, 1.82) is 0 Å². The molecule has 0 saturated heterocycles. The molecule has 0 aromatic heterocycles. The third-order valence-corrected chi connectivity index (χ3v) is 2.05. The second kappa shape index (κ2) is 6.30. The summed E-state index contributed by atoms with van der Waals surface area (Å²) in [5.74, 6) is 0.843. The van der Waals surface area contributed by atoms with Crippen molar-refractivity contribution in [3.8, 4) is 0 Å². The zero-order valence-corrected chi connectivity index (χ0v) is 8.90. The van der Waals surface area contributed by atoms with Gasteiger partial charge < -0.3 is 4.90 Å². The molecule has 0 saturated carbocycles. The minimum atomic E-state index is 0.218. The van der Waals surface area contributed by atoms with Crippen molar-refractivity contribution < 1.29 is 4.79 Å². The zero-order chi connectivity index (χ0) is 9.56. The van der Waals surface area contributed by atoms with Crippen LogP contribution < -0.4 is 0 Å². The van der Waals surface area contributed by atoms with Crippen molar-refractivity contribution in [2.75, 3.05) is 12.4 Å². The van der Waals surface area contributed by atoms with Crippen molar-refractivity contribution in [3.05, 3.63) is 0 Å². The van der Waals surface area contributed by atoms with E-state index in [1.54, 1.807) is 0 Å². The molecule has 72 valence electrons. The minimum absolute atomic E-state index is 0.218. The number of hydrogen-bond acceptors (Lipinski definition) is 1. The van der Waals surface area contributed by atoms with Gasteiger partial charge in [0.2, 0.25) is 5.91 Å². The SMILES string of the molecule is CCC(=O)N(CCCCl)C(C)C. The Balaban J connectivity index is 3.95. The number of amides is 1. The number of rotatable bonds is 5. The average Bonchev–Trinajstić information content (AvgIpc) is 2.04. The molecule has 0 atom stereocenters. The third-order valence-electron chi connectivity index (χ3n) is 1.78. The summed E-state index contributed by atoms with van der Waals surface area (Å²) in [6, 6.07) is 0.292. The number of halogens is 1. The summed E-state index contributed by atoms with van der Waals surface area (Å²) in [5.41, 5.74) is 0. The van der Waals surface area contributed by atoms with Crippen LogP contribution in [0.5, 0.6) is 0 Å². The maximum atomic E-state index is 11.3. The molecule has 0 aliphatic rings. The molecule has 0 unspecified atom stereocenters. The van der Waals surface area contributed by atoms with Gasteiger partial charge in [-0.25, -0.2) is 0 Å². The largest absolute Gasteiger partial charge is 0.340 e. The monoisotopic (exact) mass is 191 g/mol. The molecular weight excluding hydrogens is 174 g/mol. The van der Waals surface area contributed by atoms with Crippen molar-refractivity contribution in [1.82, 2.24) is 4.90 Å². The highest BCUT2D eigenvalue weighted by Gasteiger charge is 2.13. The molecule has 0 aromatic carbocycles. The summed E-state index contributed by atoms with van der Waals surface area (Å²) in [5, 5.41) is 0. The van der Waals surface area contributed by atoms with Crippen LogP contribution >= 0.6 is 11.6 Å². The van der Waals surface area contributed by atoms with Crippen LogP contribution in [-0.2, 0) is 4.79 Å². The molecule has 0 rings (SSSR count). The molecule has 0 aliphatic heterocycles. The first-order chi connectivity index (χ1) is 5.63. The smallest absolute Gasteiger partial charge is 0.222 e. The molecule has 0 bridgehead atoms. The second-order valence-corrected chi connectivity index (χ2v) is 3.45.